The fourth-order valence-electron chi connectivity index (χ4n) is 3.34. The average Bonchev–Trinajstić information content (AvgIpc) is 3.03. The van der Waals surface area contributed by atoms with Crippen molar-refractivity contribution in [1.29, 1.82) is 0 Å². The summed E-state index contributed by atoms with van der Waals surface area (Å²) in [6.07, 6.45) is 2.86. The number of rotatable bonds is 5. The maximum Gasteiger partial charge on any atom is 0.354 e. The molecule has 6 nitrogen and oxygen atoms in total. The monoisotopic (exact) mass is 327 g/mol. The Morgan fingerprint density at radius 3 is 2.67 bits per heavy atom. The number of nitrogen functional groups attached to an aromatic ring is 1. The van der Waals surface area contributed by atoms with Gasteiger partial charge in [0, 0.05) is 19.3 Å². The van der Waals surface area contributed by atoms with Crippen molar-refractivity contribution in [2.45, 2.75) is 19.3 Å². The molecular weight excluding hydrogens is 302 g/mol. The van der Waals surface area contributed by atoms with Crippen molar-refractivity contribution in [1.82, 2.24) is 14.5 Å². The molecule has 0 radical (unpaired) electrons. The van der Waals surface area contributed by atoms with Crippen LogP contribution in [0.5, 0.6) is 0 Å². The highest BCUT2D eigenvalue weighted by Crippen LogP contribution is 2.22. The first-order valence-electron chi connectivity index (χ1n) is 8.44. The summed E-state index contributed by atoms with van der Waals surface area (Å²) in [6, 6.07) is 9.70. The van der Waals surface area contributed by atoms with Crippen LogP contribution in [0.1, 0.15) is 24.8 Å². The van der Waals surface area contributed by atoms with Crippen molar-refractivity contribution in [3.63, 3.8) is 0 Å². The highest BCUT2D eigenvalue weighted by atomic mass is 16.1. The third-order valence-electron chi connectivity index (χ3n) is 4.80. The predicted octanol–water partition coefficient (Wildman–Crippen LogP) is 1.20. The van der Waals surface area contributed by atoms with Gasteiger partial charge in [-0.1, -0.05) is 19.1 Å². The lowest BCUT2D eigenvalue weighted by atomic mass is 10.0. The second kappa shape index (κ2) is 7.15. The summed E-state index contributed by atoms with van der Waals surface area (Å²) in [5.74, 6) is 1.32. The van der Waals surface area contributed by atoms with Crippen molar-refractivity contribution in [3.05, 3.63) is 52.6 Å². The van der Waals surface area contributed by atoms with E-state index in [0.29, 0.717) is 11.8 Å². The van der Waals surface area contributed by atoms with Gasteiger partial charge in [0.05, 0.1) is 5.69 Å². The van der Waals surface area contributed by atoms with Crippen molar-refractivity contribution < 1.29 is 0 Å². The molecule has 0 aliphatic carbocycles. The zero-order chi connectivity index (χ0) is 17.1. The Morgan fingerprint density at radius 2 is 2.04 bits per heavy atom. The van der Waals surface area contributed by atoms with Gasteiger partial charge in [0.25, 0.3) is 0 Å². The molecule has 3 rings (SSSR count). The minimum Gasteiger partial charge on any atom is -0.383 e. The molecule has 0 amide bonds. The first-order chi connectivity index (χ1) is 11.6. The zero-order valence-corrected chi connectivity index (χ0v) is 14.1. The molecule has 1 aromatic heterocycles. The fraction of sp³-hybridized carbons (Fsp3) is 0.444. The van der Waals surface area contributed by atoms with Gasteiger partial charge < -0.3 is 16.4 Å². The minimum atomic E-state index is -0.360. The van der Waals surface area contributed by atoms with Crippen LogP contribution >= 0.6 is 0 Å². The van der Waals surface area contributed by atoms with Crippen LogP contribution < -0.4 is 17.2 Å². The Morgan fingerprint density at radius 1 is 1.29 bits per heavy atom. The smallest absolute Gasteiger partial charge is 0.354 e. The largest absolute Gasteiger partial charge is 0.383 e. The molecule has 0 bridgehead atoms. The SMILES string of the molecule is CC(CN1CCC(CN)C1)c1ccc(-n2ccc(N)nc2=O)cc1. The van der Waals surface area contributed by atoms with Crippen LogP contribution in [-0.2, 0) is 0 Å². The number of anilines is 1. The zero-order valence-electron chi connectivity index (χ0n) is 14.1. The van der Waals surface area contributed by atoms with Crippen molar-refractivity contribution in [2.75, 3.05) is 31.9 Å². The Labute approximate surface area is 142 Å². The van der Waals surface area contributed by atoms with Gasteiger partial charge in [0.15, 0.2) is 0 Å². The number of nitrogens with zero attached hydrogens (tertiary/aromatic N) is 3. The molecule has 2 unspecified atom stereocenters. The molecule has 4 N–H and O–H groups in total. The van der Waals surface area contributed by atoms with E-state index in [4.69, 9.17) is 11.5 Å². The van der Waals surface area contributed by atoms with E-state index in [9.17, 15) is 4.79 Å². The maximum absolute atomic E-state index is 11.9. The highest BCUT2D eigenvalue weighted by Gasteiger charge is 2.22. The number of aromatic nitrogens is 2. The van der Waals surface area contributed by atoms with Gasteiger partial charge in [-0.05, 0) is 55.1 Å². The van der Waals surface area contributed by atoms with E-state index in [1.807, 2.05) is 12.1 Å². The van der Waals surface area contributed by atoms with E-state index >= 15 is 0 Å². The van der Waals surface area contributed by atoms with E-state index in [1.54, 1.807) is 12.3 Å². The van der Waals surface area contributed by atoms with Crippen LogP contribution in [-0.4, -0.2) is 40.6 Å². The lowest BCUT2D eigenvalue weighted by molar-refractivity contribution is 0.309. The molecule has 0 saturated carbocycles. The summed E-state index contributed by atoms with van der Waals surface area (Å²) < 4.78 is 1.50. The number of hydrogen-bond acceptors (Lipinski definition) is 5. The number of likely N-dealkylation sites (tertiary alicyclic amines) is 1. The summed E-state index contributed by atoms with van der Waals surface area (Å²) in [4.78, 5) is 18.2. The average molecular weight is 327 g/mol. The summed E-state index contributed by atoms with van der Waals surface area (Å²) >= 11 is 0. The van der Waals surface area contributed by atoms with Gasteiger partial charge in [-0.25, -0.2) is 4.79 Å². The summed E-state index contributed by atoms with van der Waals surface area (Å²) in [5.41, 5.74) is 13.0. The van der Waals surface area contributed by atoms with Gasteiger partial charge in [0.1, 0.15) is 5.82 Å². The summed E-state index contributed by atoms with van der Waals surface area (Å²) in [7, 11) is 0. The van der Waals surface area contributed by atoms with Crippen LogP contribution in [0.2, 0.25) is 0 Å². The lowest BCUT2D eigenvalue weighted by Gasteiger charge is -2.21. The molecule has 24 heavy (non-hydrogen) atoms. The quantitative estimate of drug-likeness (QED) is 0.861. The lowest BCUT2D eigenvalue weighted by Crippen LogP contribution is -2.27. The number of benzene rings is 1. The van der Waals surface area contributed by atoms with Crippen LogP contribution in [0.25, 0.3) is 5.69 Å². The third-order valence-corrected chi connectivity index (χ3v) is 4.80. The minimum absolute atomic E-state index is 0.239. The van der Waals surface area contributed by atoms with Crippen molar-refractivity contribution >= 4 is 5.82 Å². The van der Waals surface area contributed by atoms with Crippen LogP contribution in [0.4, 0.5) is 5.82 Å². The normalized spacial score (nSPS) is 19.5. The molecule has 0 spiro atoms. The Hall–Kier alpha value is -2.18. The van der Waals surface area contributed by atoms with E-state index in [2.05, 4.69) is 28.9 Å². The Bertz CT molecular complexity index is 740. The molecule has 2 aromatic rings. The molecular formula is C18H25N5O. The van der Waals surface area contributed by atoms with Crippen molar-refractivity contribution in [2.24, 2.45) is 11.7 Å². The molecule has 128 valence electrons. The van der Waals surface area contributed by atoms with E-state index < -0.39 is 0 Å². The van der Waals surface area contributed by atoms with E-state index in [1.165, 1.54) is 16.6 Å². The highest BCUT2D eigenvalue weighted by molar-refractivity contribution is 5.37. The molecule has 6 heteroatoms. The van der Waals surface area contributed by atoms with Gasteiger partial charge >= 0.3 is 5.69 Å². The first kappa shape index (κ1) is 16.7. The van der Waals surface area contributed by atoms with Crippen LogP contribution in [0.3, 0.4) is 0 Å². The predicted molar refractivity (Wildman–Crippen MR) is 96.3 cm³/mol. The molecule has 1 aromatic carbocycles. The summed E-state index contributed by atoms with van der Waals surface area (Å²) in [5, 5.41) is 0. The van der Waals surface area contributed by atoms with Gasteiger partial charge in [-0.15, -0.1) is 0 Å². The Kier molecular flexibility index (Phi) is 4.97. The second-order valence-corrected chi connectivity index (χ2v) is 6.65. The van der Waals surface area contributed by atoms with Gasteiger partial charge in [-0.3, -0.25) is 4.57 Å². The number of nitrogens with two attached hydrogens (primary N) is 2. The first-order valence-corrected chi connectivity index (χ1v) is 8.44. The van der Waals surface area contributed by atoms with Crippen LogP contribution in [0.15, 0.2) is 41.3 Å². The molecule has 2 heterocycles. The van der Waals surface area contributed by atoms with Gasteiger partial charge in [-0.2, -0.15) is 4.98 Å². The molecule has 1 aliphatic heterocycles. The Balaban J connectivity index is 1.69. The standard InChI is InChI=1S/C18H25N5O/c1-13(11-22-8-6-14(10-19)12-22)15-2-4-16(5-3-15)23-9-7-17(20)21-18(23)24/h2-5,7,9,13-14H,6,8,10-12,19H2,1H3,(H2,20,21,24). The van der Waals surface area contributed by atoms with E-state index in [-0.39, 0.29) is 11.5 Å². The molecule has 1 fully saturated rings. The molecule has 1 aliphatic rings. The fourth-order valence-corrected chi connectivity index (χ4v) is 3.34. The molecule has 1 saturated heterocycles. The maximum atomic E-state index is 11.9. The summed E-state index contributed by atoms with van der Waals surface area (Å²) in [6.45, 7) is 6.30. The van der Waals surface area contributed by atoms with Crippen LogP contribution in [0, 0.1) is 5.92 Å². The number of hydrogen-bond donors (Lipinski definition) is 2. The second-order valence-electron chi connectivity index (χ2n) is 6.65. The van der Waals surface area contributed by atoms with E-state index in [0.717, 1.165) is 31.9 Å². The van der Waals surface area contributed by atoms with Gasteiger partial charge in [0.2, 0.25) is 0 Å². The van der Waals surface area contributed by atoms with Crippen molar-refractivity contribution in [3.8, 4) is 5.69 Å². The third kappa shape index (κ3) is 3.66. The molecule has 2 atom stereocenters. The topological polar surface area (TPSA) is 90.2 Å².